The first-order chi connectivity index (χ1) is 13.7. The second kappa shape index (κ2) is 8.97. The van der Waals surface area contributed by atoms with Crippen molar-refractivity contribution in [3.63, 3.8) is 0 Å². The fourth-order valence-electron chi connectivity index (χ4n) is 2.86. The van der Waals surface area contributed by atoms with Gasteiger partial charge in [0.2, 0.25) is 5.95 Å². The standard InChI is InChI=1S/C20H20IN5OS/c21-18-13-23-20(25-19(18)28-17-6-4-14(22)5-7-17)24-15-2-1-3-16(12-15)26-8-10-27-11-9-26/h1-7,12-13H,8-11,22H2,(H,23,24,25). The summed E-state index contributed by atoms with van der Waals surface area (Å²) in [5.74, 6) is 0.581. The van der Waals surface area contributed by atoms with Crippen molar-refractivity contribution in [3.8, 4) is 0 Å². The fraction of sp³-hybridized carbons (Fsp3) is 0.200. The molecule has 1 saturated heterocycles. The van der Waals surface area contributed by atoms with Crippen molar-refractivity contribution in [2.45, 2.75) is 9.92 Å². The van der Waals surface area contributed by atoms with E-state index < -0.39 is 0 Å². The molecular weight excluding hydrogens is 485 g/mol. The summed E-state index contributed by atoms with van der Waals surface area (Å²) in [5.41, 5.74) is 8.67. The van der Waals surface area contributed by atoms with E-state index in [0.29, 0.717) is 5.95 Å². The van der Waals surface area contributed by atoms with Gasteiger partial charge in [-0.1, -0.05) is 17.8 Å². The Kier molecular flexibility index (Phi) is 6.18. The van der Waals surface area contributed by atoms with Gasteiger partial charge in [0.1, 0.15) is 5.03 Å². The summed E-state index contributed by atoms with van der Waals surface area (Å²) in [4.78, 5) is 12.5. The third-order valence-corrected chi connectivity index (χ3v) is 6.45. The van der Waals surface area contributed by atoms with Crippen LogP contribution in [0.4, 0.5) is 23.0 Å². The van der Waals surface area contributed by atoms with Crippen molar-refractivity contribution < 1.29 is 4.74 Å². The third kappa shape index (κ3) is 4.86. The molecule has 3 N–H and O–H groups in total. The molecule has 0 unspecified atom stereocenters. The van der Waals surface area contributed by atoms with Gasteiger partial charge in [-0.2, -0.15) is 0 Å². The molecule has 3 aromatic rings. The molecule has 28 heavy (non-hydrogen) atoms. The molecule has 0 radical (unpaired) electrons. The first kappa shape index (κ1) is 19.3. The smallest absolute Gasteiger partial charge is 0.228 e. The molecule has 2 heterocycles. The second-order valence-electron chi connectivity index (χ2n) is 6.29. The number of hydrogen-bond acceptors (Lipinski definition) is 7. The van der Waals surface area contributed by atoms with E-state index in [1.54, 1.807) is 11.8 Å². The van der Waals surface area contributed by atoms with E-state index >= 15 is 0 Å². The minimum absolute atomic E-state index is 0.581. The number of hydrogen-bond donors (Lipinski definition) is 2. The van der Waals surface area contributed by atoms with Crippen molar-refractivity contribution in [3.05, 3.63) is 58.3 Å². The zero-order valence-corrected chi connectivity index (χ0v) is 18.1. The Morgan fingerprint density at radius 3 is 2.68 bits per heavy atom. The van der Waals surface area contributed by atoms with Crippen LogP contribution in [0.3, 0.4) is 0 Å². The molecule has 6 nitrogen and oxygen atoms in total. The molecule has 0 spiro atoms. The zero-order valence-electron chi connectivity index (χ0n) is 15.1. The number of ether oxygens (including phenoxy) is 1. The number of nitrogen functional groups attached to an aromatic ring is 1. The van der Waals surface area contributed by atoms with Gasteiger partial charge in [0.05, 0.1) is 16.8 Å². The average Bonchev–Trinajstić information content (AvgIpc) is 2.73. The zero-order chi connectivity index (χ0) is 19.3. The van der Waals surface area contributed by atoms with Crippen LogP contribution in [0, 0.1) is 3.57 Å². The van der Waals surface area contributed by atoms with Gasteiger partial charge in [-0.25, -0.2) is 9.97 Å². The van der Waals surface area contributed by atoms with Crippen LogP contribution < -0.4 is 16.0 Å². The molecule has 0 bridgehead atoms. The van der Waals surface area contributed by atoms with Crippen LogP contribution in [0.5, 0.6) is 0 Å². The van der Waals surface area contributed by atoms with Crippen molar-refractivity contribution in [1.29, 1.82) is 0 Å². The summed E-state index contributed by atoms with van der Waals surface area (Å²) >= 11 is 3.86. The number of nitrogens with two attached hydrogens (primary N) is 1. The monoisotopic (exact) mass is 505 g/mol. The minimum atomic E-state index is 0.581. The first-order valence-corrected chi connectivity index (χ1v) is 10.8. The van der Waals surface area contributed by atoms with Crippen LogP contribution in [-0.4, -0.2) is 36.3 Å². The SMILES string of the molecule is Nc1ccc(Sc2nc(Nc3cccc(N4CCOCC4)c3)ncc2I)cc1. The van der Waals surface area contributed by atoms with Crippen LogP contribution >= 0.6 is 34.4 Å². The molecule has 2 aromatic carbocycles. The van der Waals surface area contributed by atoms with Gasteiger partial charge < -0.3 is 20.7 Å². The number of nitrogens with zero attached hydrogens (tertiary/aromatic N) is 3. The van der Waals surface area contributed by atoms with Gasteiger partial charge in [-0.15, -0.1) is 0 Å². The summed E-state index contributed by atoms with van der Waals surface area (Å²) in [6, 6.07) is 16.1. The molecule has 0 saturated carbocycles. The molecule has 8 heteroatoms. The normalized spacial score (nSPS) is 14.1. The number of morpholine rings is 1. The van der Waals surface area contributed by atoms with Crippen LogP contribution in [0.25, 0.3) is 0 Å². The van der Waals surface area contributed by atoms with Gasteiger partial charge >= 0.3 is 0 Å². The Balaban J connectivity index is 1.51. The fourth-order valence-corrected chi connectivity index (χ4v) is 4.23. The van der Waals surface area contributed by atoms with Gasteiger partial charge in [0, 0.05) is 41.2 Å². The Morgan fingerprint density at radius 1 is 1.11 bits per heavy atom. The van der Waals surface area contributed by atoms with E-state index in [4.69, 9.17) is 15.5 Å². The van der Waals surface area contributed by atoms with E-state index in [0.717, 1.165) is 51.2 Å². The highest BCUT2D eigenvalue weighted by Crippen LogP contribution is 2.31. The van der Waals surface area contributed by atoms with Gasteiger partial charge in [0.25, 0.3) is 0 Å². The first-order valence-electron chi connectivity index (χ1n) is 8.93. The number of rotatable bonds is 5. The molecule has 4 rings (SSSR count). The summed E-state index contributed by atoms with van der Waals surface area (Å²) in [7, 11) is 0. The van der Waals surface area contributed by atoms with Crippen LogP contribution in [-0.2, 0) is 4.74 Å². The Bertz CT molecular complexity index is 948. The summed E-state index contributed by atoms with van der Waals surface area (Å²) < 4.78 is 6.45. The maximum absolute atomic E-state index is 5.77. The van der Waals surface area contributed by atoms with Crippen molar-refractivity contribution in [2.75, 3.05) is 42.3 Å². The van der Waals surface area contributed by atoms with Gasteiger partial charge in [-0.3, -0.25) is 0 Å². The van der Waals surface area contributed by atoms with Crippen molar-refractivity contribution >= 4 is 57.4 Å². The Hall–Kier alpha value is -2.04. The van der Waals surface area contributed by atoms with E-state index in [1.165, 1.54) is 5.69 Å². The number of nitrogens with one attached hydrogen (secondary N) is 1. The molecule has 144 valence electrons. The predicted molar refractivity (Wildman–Crippen MR) is 122 cm³/mol. The molecular formula is C20H20IN5OS. The van der Waals surface area contributed by atoms with Crippen LogP contribution in [0.15, 0.2) is 64.6 Å². The second-order valence-corrected chi connectivity index (χ2v) is 8.52. The minimum Gasteiger partial charge on any atom is -0.399 e. The Morgan fingerprint density at radius 2 is 1.89 bits per heavy atom. The highest BCUT2D eigenvalue weighted by Gasteiger charge is 2.12. The number of anilines is 4. The van der Waals surface area contributed by atoms with E-state index in [2.05, 4.69) is 49.9 Å². The molecule has 0 amide bonds. The highest BCUT2D eigenvalue weighted by molar-refractivity contribution is 14.1. The van der Waals surface area contributed by atoms with E-state index in [9.17, 15) is 0 Å². The lowest BCUT2D eigenvalue weighted by molar-refractivity contribution is 0.122. The lowest BCUT2D eigenvalue weighted by Crippen LogP contribution is -2.36. The quantitative estimate of drug-likeness (QED) is 0.303. The highest BCUT2D eigenvalue weighted by atomic mass is 127. The molecule has 1 fully saturated rings. The molecule has 1 aromatic heterocycles. The Labute approximate surface area is 182 Å². The van der Waals surface area contributed by atoms with E-state index in [-0.39, 0.29) is 0 Å². The maximum atomic E-state index is 5.77. The molecule has 0 atom stereocenters. The third-order valence-electron chi connectivity index (χ3n) is 4.29. The van der Waals surface area contributed by atoms with E-state index in [1.807, 2.05) is 42.6 Å². The summed E-state index contributed by atoms with van der Waals surface area (Å²) in [6.07, 6.45) is 1.83. The van der Waals surface area contributed by atoms with Gasteiger partial charge in [0.15, 0.2) is 0 Å². The summed E-state index contributed by atoms with van der Waals surface area (Å²) in [6.45, 7) is 3.35. The topological polar surface area (TPSA) is 76.3 Å². The molecule has 1 aliphatic rings. The van der Waals surface area contributed by atoms with Crippen molar-refractivity contribution in [2.24, 2.45) is 0 Å². The average molecular weight is 505 g/mol. The maximum Gasteiger partial charge on any atom is 0.228 e. The predicted octanol–water partition coefficient (Wildman–Crippen LogP) is 4.39. The number of benzene rings is 2. The summed E-state index contributed by atoms with van der Waals surface area (Å²) in [5, 5.41) is 4.24. The number of halogens is 1. The molecule has 1 aliphatic heterocycles. The van der Waals surface area contributed by atoms with Gasteiger partial charge in [-0.05, 0) is 65.1 Å². The number of aromatic nitrogens is 2. The largest absolute Gasteiger partial charge is 0.399 e. The van der Waals surface area contributed by atoms with Crippen molar-refractivity contribution in [1.82, 2.24) is 9.97 Å². The van der Waals surface area contributed by atoms with Crippen LogP contribution in [0.2, 0.25) is 0 Å². The molecule has 0 aliphatic carbocycles. The lowest BCUT2D eigenvalue weighted by atomic mass is 10.2. The lowest BCUT2D eigenvalue weighted by Gasteiger charge is -2.29. The van der Waals surface area contributed by atoms with Crippen LogP contribution in [0.1, 0.15) is 0 Å².